The monoisotopic (exact) mass is 1010 g/mol. The Labute approximate surface area is 463 Å². The van der Waals surface area contributed by atoms with E-state index in [-0.39, 0.29) is 0 Å². The van der Waals surface area contributed by atoms with Gasteiger partial charge in [-0.25, -0.2) is 0 Å². The van der Waals surface area contributed by atoms with Crippen LogP contribution < -0.4 is 4.90 Å². The molecule has 14 rings (SSSR count). The number of aryl methyl sites for hydroxylation is 1. The normalized spacial score (nSPS) is 13.3. The minimum Gasteiger partial charge on any atom is -0.340 e. The smallest absolute Gasteiger partial charge is 0.0726 e. The van der Waals surface area contributed by atoms with Crippen molar-refractivity contribution in [2.24, 2.45) is 0 Å². The Bertz CT molecular complexity index is 4510. The predicted molar refractivity (Wildman–Crippen MR) is 338 cm³/mol. The second-order valence-electron chi connectivity index (χ2n) is 21.0. The molecule has 2 heterocycles. The van der Waals surface area contributed by atoms with E-state index in [4.69, 9.17) is 0 Å². The first-order valence-electron chi connectivity index (χ1n) is 27.8. The van der Waals surface area contributed by atoms with Gasteiger partial charge in [0.15, 0.2) is 0 Å². The number of allylic oxidation sites excluding steroid dienone is 6. The van der Waals surface area contributed by atoms with Crippen molar-refractivity contribution in [1.29, 1.82) is 0 Å². The van der Waals surface area contributed by atoms with E-state index in [0.717, 1.165) is 52.4 Å². The molecule has 2 aliphatic rings. The van der Waals surface area contributed by atoms with E-state index in [1.165, 1.54) is 105 Å². The molecule has 0 saturated carbocycles. The highest BCUT2D eigenvalue weighted by atomic mass is 15.1. The molecular formula is C76H59N3. The van der Waals surface area contributed by atoms with E-state index < -0.39 is 5.41 Å². The van der Waals surface area contributed by atoms with Crippen LogP contribution in [0.25, 0.3) is 100 Å². The van der Waals surface area contributed by atoms with Gasteiger partial charge in [-0.3, -0.25) is 0 Å². The van der Waals surface area contributed by atoms with Gasteiger partial charge in [-0.15, -0.1) is 0 Å². The summed E-state index contributed by atoms with van der Waals surface area (Å²) in [4.78, 5) is 2.56. The summed E-state index contributed by atoms with van der Waals surface area (Å²) < 4.78 is 4.90. The van der Waals surface area contributed by atoms with Crippen LogP contribution in [0.2, 0.25) is 0 Å². The van der Waals surface area contributed by atoms with E-state index in [2.05, 4.69) is 291 Å². The summed E-state index contributed by atoms with van der Waals surface area (Å²) in [6.07, 6.45) is 15.6. The first-order valence-corrected chi connectivity index (χ1v) is 27.8. The fraction of sp³-hybridized carbons (Fsp3) is 0.0789. The van der Waals surface area contributed by atoms with Crippen molar-refractivity contribution in [2.45, 2.75) is 39.2 Å². The van der Waals surface area contributed by atoms with Gasteiger partial charge in [0.25, 0.3) is 0 Å². The molecule has 10 aromatic carbocycles. The summed E-state index contributed by atoms with van der Waals surface area (Å²) in [7, 11) is 0. The molecule has 0 saturated heterocycles. The highest BCUT2D eigenvalue weighted by molar-refractivity contribution is 6.15. The zero-order valence-corrected chi connectivity index (χ0v) is 44.9. The first kappa shape index (κ1) is 47.7. The minimum atomic E-state index is -0.628. The molecule has 0 N–H and O–H groups in total. The van der Waals surface area contributed by atoms with E-state index in [9.17, 15) is 0 Å². The molecule has 0 bridgehead atoms. The van der Waals surface area contributed by atoms with Crippen LogP contribution in [0.15, 0.2) is 256 Å². The van der Waals surface area contributed by atoms with E-state index in [0.29, 0.717) is 0 Å². The summed E-state index contributed by atoms with van der Waals surface area (Å²) in [6, 6.07) is 80.2. The molecule has 2 aromatic heterocycles. The molecule has 79 heavy (non-hydrogen) atoms. The lowest BCUT2D eigenvalue weighted by Gasteiger charge is -2.33. The van der Waals surface area contributed by atoms with Gasteiger partial charge < -0.3 is 14.0 Å². The van der Waals surface area contributed by atoms with Crippen LogP contribution in [-0.4, -0.2) is 9.13 Å². The van der Waals surface area contributed by atoms with Gasteiger partial charge in [0.1, 0.15) is 0 Å². The Kier molecular flexibility index (Phi) is 11.5. The Morgan fingerprint density at radius 1 is 0.519 bits per heavy atom. The third-order valence-corrected chi connectivity index (χ3v) is 16.8. The summed E-state index contributed by atoms with van der Waals surface area (Å²) in [6.45, 7) is 15.7. The summed E-state index contributed by atoms with van der Waals surface area (Å²) in [5.74, 6) is 0. The molecule has 3 nitrogen and oxygen atoms in total. The van der Waals surface area contributed by atoms with Gasteiger partial charge in [-0.1, -0.05) is 208 Å². The SMILES string of the molecule is C=C/C=C(\C=C/C)c1ccc(-c2ccc3c(c2)C2(c4ccccc4-c4ccccc42)c2cc(N(c4ccc5c(c4)c4ccccc4n5-c4ccccc4)c4ccc5c(C=C)c(/C=C\C)n(CCC)c5c4)c4ccccc4c2-3)cc1. The van der Waals surface area contributed by atoms with Crippen molar-refractivity contribution in [3.05, 3.63) is 295 Å². The lowest BCUT2D eigenvalue weighted by molar-refractivity contribution is 0.698. The summed E-state index contributed by atoms with van der Waals surface area (Å²) >= 11 is 0. The van der Waals surface area contributed by atoms with Crippen molar-refractivity contribution < 1.29 is 0 Å². The number of benzene rings is 10. The van der Waals surface area contributed by atoms with Crippen molar-refractivity contribution in [2.75, 3.05) is 4.90 Å². The number of hydrogen-bond donors (Lipinski definition) is 0. The average molecular weight is 1010 g/mol. The second kappa shape index (κ2) is 19.1. The lowest BCUT2D eigenvalue weighted by atomic mass is 9.70. The Morgan fingerprint density at radius 2 is 1.18 bits per heavy atom. The number of anilines is 3. The zero-order chi connectivity index (χ0) is 53.4. The van der Waals surface area contributed by atoms with E-state index >= 15 is 0 Å². The Morgan fingerprint density at radius 3 is 1.90 bits per heavy atom. The molecule has 3 heteroatoms. The molecule has 2 aliphatic carbocycles. The zero-order valence-electron chi connectivity index (χ0n) is 44.9. The maximum atomic E-state index is 4.36. The van der Waals surface area contributed by atoms with Crippen LogP contribution in [0.4, 0.5) is 17.1 Å². The van der Waals surface area contributed by atoms with Crippen LogP contribution in [0.5, 0.6) is 0 Å². The van der Waals surface area contributed by atoms with Crippen LogP contribution in [-0.2, 0) is 12.0 Å². The van der Waals surface area contributed by atoms with Gasteiger partial charge in [0.05, 0.1) is 27.7 Å². The van der Waals surface area contributed by atoms with Crippen LogP contribution in [0.3, 0.4) is 0 Å². The number of nitrogens with zero attached hydrogens (tertiary/aromatic N) is 3. The highest BCUT2D eigenvalue weighted by Gasteiger charge is 2.52. The second-order valence-corrected chi connectivity index (χ2v) is 21.0. The number of aromatic nitrogens is 2. The fourth-order valence-corrected chi connectivity index (χ4v) is 13.7. The summed E-state index contributed by atoms with van der Waals surface area (Å²) in [5, 5.41) is 6.02. The van der Waals surface area contributed by atoms with Gasteiger partial charge in [0, 0.05) is 56.4 Å². The lowest BCUT2D eigenvalue weighted by Crippen LogP contribution is -2.26. The number of fused-ring (bicyclic) bond motifs is 16. The molecule has 1 spiro atoms. The number of hydrogen-bond acceptors (Lipinski definition) is 1. The predicted octanol–water partition coefficient (Wildman–Crippen LogP) is 20.6. The topological polar surface area (TPSA) is 13.1 Å². The molecular weight excluding hydrogens is 955 g/mol. The third-order valence-electron chi connectivity index (χ3n) is 16.8. The molecule has 0 unspecified atom stereocenters. The summed E-state index contributed by atoms with van der Waals surface area (Å²) in [5.41, 5.74) is 24.7. The van der Waals surface area contributed by atoms with Gasteiger partial charge >= 0.3 is 0 Å². The molecule has 0 atom stereocenters. The molecule has 378 valence electrons. The highest BCUT2D eigenvalue weighted by Crippen LogP contribution is 2.65. The van der Waals surface area contributed by atoms with Crippen LogP contribution in [0.1, 0.15) is 66.3 Å². The molecule has 0 amide bonds. The Hall–Kier alpha value is -9.70. The van der Waals surface area contributed by atoms with Gasteiger partial charge in [0.2, 0.25) is 0 Å². The van der Waals surface area contributed by atoms with Gasteiger partial charge in [-0.2, -0.15) is 0 Å². The largest absolute Gasteiger partial charge is 0.340 e. The fourth-order valence-electron chi connectivity index (χ4n) is 13.7. The number of rotatable bonds is 12. The Balaban J connectivity index is 1.07. The van der Waals surface area contributed by atoms with Crippen molar-refractivity contribution >= 4 is 78.3 Å². The maximum absolute atomic E-state index is 4.36. The van der Waals surface area contributed by atoms with E-state index in [1.54, 1.807) is 0 Å². The molecule has 0 fully saturated rings. The minimum absolute atomic E-state index is 0.628. The number of para-hydroxylation sites is 2. The molecule has 0 aliphatic heterocycles. The quantitative estimate of drug-likeness (QED) is 0.111. The van der Waals surface area contributed by atoms with Crippen molar-refractivity contribution in [1.82, 2.24) is 9.13 Å². The van der Waals surface area contributed by atoms with Crippen molar-refractivity contribution in [3.8, 4) is 39.1 Å². The third kappa shape index (κ3) is 7.12. The molecule has 0 radical (unpaired) electrons. The average Bonchev–Trinajstić information content (AvgIpc) is 3.06. The van der Waals surface area contributed by atoms with E-state index in [1.807, 2.05) is 12.2 Å². The first-order chi connectivity index (χ1) is 39.0. The van der Waals surface area contributed by atoms with Crippen molar-refractivity contribution in [3.63, 3.8) is 0 Å². The van der Waals surface area contributed by atoms with Gasteiger partial charge in [-0.05, 0) is 159 Å². The van der Waals surface area contributed by atoms with Crippen LogP contribution in [0, 0.1) is 0 Å². The standard InChI is InChI=1S/C76H59N3/c1-6-22-50(23-7-2)51-35-37-52(38-36-51)53-39-42-64-68(46-53)76(66-32-19-16-27-58(66)59-28-17-20-33-67(59)76)69-49-74(60-29-14-15-31-63(60)75(64)69)78(56-40-43-62-57(10-5)70(24-8-3)77(45-9-4)73(62)48-56)55-41-44-72-65(47-55)61-30-18-21-34-71(61)79(72)54-25-12-11-13-26-54/h6-8,10-44,46-49H,1,5,9,45H2,2-4H3/b23-7-,24-8-,50-22+. The van der Waals surface area contributed by atoms with Crippen LogP contribution >= 0.6 is 0 Å². The molecule has 12 aromatic rings. The maximum Gasteiger partial charge on any atom is 0.0726 e.